The van der Waals surface area contributed by atoms with Gasteiger partial charge in [0.15, 0.2) is 0 Å². The van der Waals surface area contributed by atoms with Crippen LogP contribution in [0.3, 0.4) is 0 Å². The van der Waals surface area contributed by atoms with Crippen molar-refractivity contribution in [2.75, 3.05) is 13.6 Å². The summed E-state index contributed by atoms with van der Waals surface area (Å²) in [4.78, 5) is 0. The minimum Gasteiger partial charge on any atom is -0.319 e. The molecule has 1 aromatic rings. The van der Waals surface area contributed by atoms with E-state index in [1.807, 2.05) is 19.2 Å². The van der Waals surface area contributed by atoms with Gasteiger partial charge in [-0.3, -0.25) is 0 Å². The summed E-state index contributed by atoms with van der Waals surface area (Å²) in [7, 11) is 1.97. The molecule has 2 heteroatoms. The fraction of sp³-hybridized carbons (Fsp3) is 0.571. The van der Waals surface area contributed by atoms with E-state index in [9.17, 15) is 4.39 Å². The van der Waals surface area contributed by atoms with Crippen LogP contribution in [-0.4, -0.2) is 13.6 Å². The third-order valence-corrected chi connectivity index (χ3v) is 2.95. The number of hydrogen-bond acceptors (Lipinski definition) is 1. The molecule has 0 aliphatic heterocycles. The zero-order valence-electron chi connectivity index (χ0n) is 10.3. The SMILES string of the molecule is CCCCCC(CNC)c1ccc(F)cc1. The van der Waals surface area contributed by atoms with E-state index in [0.29, 0.717) is 5.92 Å². The minimum absolute atomic E-state index is 0.152. The molecule has 1 rings (SSSR count). The van der Waals surface area contributed by atoms with Crippen molar-refractivity contribution in [3.05, 3.63) is 35.6 Å². The highest BCUT2D eigenvalue weighted by Crippen LogP contribution is 2.22. The Morgan fingerprint density at radius 3 is 2.44 bits per heavy atom. The molecule has 0 aliphatic carbocycles. The molecule has 1 unspecified atom stereocenters. The Labute approximate surface area is 98.1 Å². The van der Waals surface area contributed by atoms with Gasteiger partial charge >= 0.3 is 0 Å². The fourth-order valence-corrected chi connectivity index (χ4v) is 2.01. The smallest absolute Gasteiger partial charge is 0.123 e. The van der Waals surface area contributed by atoms with E-state index < -0.39 is 0 Å². The van der Waals surface area contributed by atoms with E-state index in [4.69, 9.17) is 0 Å². The summed E-state index contributed by atoms with van der Waals surface area (Å²) in [5, 5.41) is 3.21. The van der Waals surface area contributed by atoms with Gasteiger partial charge in [0.05, 0.1) is 0 Å². The van der Waals surface area contributed by atoms with Gasteiger partial charge in [-0.2, -0.15) is 0 Å². The van der Waals surface area contributed by atoms with Crippen LogP contribution >= 0.6 is 0 Å². The molecule has 0 heterocycles. The normalized spacial score (nSPS) is 12.7. The third kappa shape index (κ3) is 4.31. The highest BCUT2D eigenvalue weighted by atomic mass is 19.1. The standard InChI is InChI=1S/C14H22FN/c1-3-4-5-6-13(11-16-2)12-7-9-14(15)10-8-12/h7-10,13,16H,3-6,11H2,1-2H3. The van der Waals surface area contributed by atoms with Gasteiger partial charge in [-0.25, -0.2) is 4.39 Å². The zero-order chi connectivity index (χ0) is 11.8. The van der Waals surface area contributed by atoms with Crippen LogP contribution < -0.4 is 5.32 Å². The van der Waals surface area contributed by atoms with E-state index in [1.54, 1.807) is 12.1 Å². The topological polar surface area (TPSA) is 12.0 Å². The van der Waals surface area contributed by atoms with Gasteiger partial charge in [0, 0.05) is 6.54 Å². The Morgan fingerprint density at radius 1 is 1.19 bits per heavy atom. The predicted molar refractivity (Wildman–Crippen MR) is 67.2 cm³/mol. The van der Waals surface area contributed by atoms with Crippen molar-refractivity contribution in [2.24, 2.45) is 0 Å². The van der Waals surface area contributed by atoms with Crippen LogP contribution in [0.2, 0.25) is 0 Å². The molecule has 0 aliphatic rings. The highest BCUT2D eigenvalue weighted by molar-refractivity contribution is 5.20. The van der Waals surface area contributed by atoms with Crippen LogP contribution in [0.15, 0.2) is 24.3 Å². The maximum absolute atomic E-state index is 12.8. The molecule has 0 spiro atoms. The van der Waals surface area contributed by atoms with Crippen molar-refractivity contribution < 1.29 is 4.39 Å². The second-order valence-corrected chi connectivity index (χ2v) is 4.30. The van der Waals surface area contributed by atoms with E-state index in [-0.39, 0.29) is 5.82 Å². The monoisotopic (exact) mass is 223 g/mol. The molecule has 0 bridgehead atoms. The van der Waals surface area contributed by atoms with Crippen LogP contribution in [0.5, 0.6) is 0 Å². The third-order valence-electron chi connectivity index (χ3n) is 2.95. The zero-order valence-corrected chi connectivity index (χ0v) is 10.3. The van der Waals surface area contributed by atoms with Crippen molar-refractivity contribution >= 4 is 0 Å². The molecule has 1 nitrogen and oxygen atoms in total. The molecule has 1 N–H and O–H groups in total. The number of unbranched alkanes of at least 4 members (excludes halogenated alkanes) is 2. The Bertz CT molecular complexity index is 281. The second-order valence-electron chi connectivity index (χ2n) is 4.30. The largest absolute Gasteiger partial charge is 0.319 e. The molecule has 16 heavy (non-hydrogen) atoms. The van der Waals surface area contributed by atoms with Gasteiger partial charge in [-0.15, -0.1) is 0 Å². The first-order valence-corrected chi connectivity index (χ1v) is 6.18. The molecule has 90 valence electrons. The van der Waals surface area contributed by atoms with Gasteiger partial charge in [0.2, 0.25) is 0 Å². The first kappa shape index (κ1) is 13.2. The number of halogens is 1. The number of likely N-dealkylation sites (N-methyl/N-ethyl adjacent to an activating group) is 1. The Kier molecular flexibility index (Phi) is 6.09. The van der Waals surface area contributed by atoms with Gasteiger partial charge in [-0.1, -0.05) is 38.3 Å². The lowest BCUT2D eigenvalue weighted by molar-refractivity contribution is 0.540. The first-order valence-electron chi connectivity index (χ1n) is 6.18. The highest BCUT2D eigenvalue weighted by Gasteiger charge is 2.10. The second kappa shape index (κ2) is 7.39. The predicted octanol–water partition coefficient (Wildman–Crippen LogP) is 3.71. The van der Waals surface area contributed by atoms with Crippen LogP contribution in [0, 0.1) is 5.82 Å². The molecule has 1 atom stereocenters. The Hall–Kier alpha value is -0.890. The average molecular weight is 223 g/mol. The molecule has 0 aromatic heterocycles. The summed E-state index contributed by atoms with van der Waals surface area (Å²) in [5.41, 5.74) is 1.24. The number of benzene rings is 1. The van der Waals surface area contributed by atoms with Crippen LogP contribution in [0.1, 0.15) is 44.1 Å². The minimum atomic E-state index is -0.152. The number of hydrogen-bond donors (Lipinski definition) is 1. The molecular formula is C14H22FN. The Morgan fingerprint density at radius 2 is 1.88 bits per heavy atom. The lowest BCUT2D eigenvalue weighted by Crippen LogP contribution is -2.17. The lowest BCUT2D eigenvalue weighted by Gasteiger charge is -2.16. The summed E-state index contributed by atoms with van der Waals surface area (Å²) < 4.78 is 12.8. The van der Waals surface area contributed by atoms with Crippen molar-refractivity contribution in [1.29, 1.82) is 0 Å². The quantitative estimate of drug-likeness (QED) is 0.695. The van der Waals surface area contributed by atoms with Crippen LogP contribution in [-0.2, 0) is 0 Å². The molecule has 0 radical (unpaired) electrons. The number of nitrogens with one attached hydrogen (secondary N) is 1. The number of rotatable bonds is 7. The molecular weight excluding hydrogens is 201 g/mol. The van der Waals surface area contributed by atoms with Crippen LogP contribution in [0.4, 0.5) is 4.39 Å². The van der Waals surface area contributed by atoms with Crippen molar-refractivity contribution in [3.8, 4) is 0 Å². The van der Waals surface area contributed by atoms with Crippen molar-refractivity contribution in [1.82, 2.24) is 5.32 Å². The maximum Gasteiger partial charge on any atom is 0.123 e. The summed E-state index contributed by atoms with van der Waals surface area (Å²) in [6.07, 6.45) is 4.96. The van der Waals surface area contributed by atoms with Crippen LogP contribution in [0.25, 0.3) is 0 Å². The summed E-state index contributed by atoms with van der Waals surface area (Å²) in [6, 6.07) is 6.92. The molecule has 0 fully saturated rings. The average Bonchev–Trinajstić information content (AvgIpc) is 2.29. The summed E-state index contributed by atoms with van der Waals surface area (Å²) in [5.74, 6) is 0.359. The van der Waals surface area contributed by atoms with Gasteiger partial charge < -0.3 is 5.32 Å². The van der Waals surface area contributed by atoms with Gasteiger partial charge in [0.25, 0.3) is 0 Å². The van der Waals surface area contributed by atoms with E-state index in [2.05, 4.69) is 12.2 Å². The van der Waals surface area contributed by atoms with Crippen molar-refractivity contribution in [2.45, 2.75) is 38.5 Å². The van der Waals surface area contributed by atoms with Gasteiger partial charge in [-0.05, 0) is 37.1 Å². The first-order chi connectivity index (χ1) is 7.77. The van der Waals surface area contributed by atoms with E-state index >= 15 is 0 Å². The molecule has 0 saturated carbocycles. The van der Waals surface area contributed by atoms with E-state index in [0.717, 1.165) is 6.54 Å². The maximum atomic E-state index is 12.8. The lowest BCUT2D eigenvalue weighted by atomic mass is 9.93. The molecule has 0 amide bonds. The summed E-state index contributed by atoms with van der Waals surface area (Å²) in [6.45, 7) is 3.18. The van der Waals surface area contributed by atoms with Gasteiger partial charge in [0.1, 0.15) is 5.82 Å². The Balaban J connectivity index is 2.57. The van der Waals surface area contributed by atoms with E-state index in [1.165, 1.54) is 31.2 Å². The van der Waals surface area contributed by atoms with Crippen molar-refractivity contribution in [3.63, 3.8) is 0 Å². The fourth-order valence-electron chi connectivity index (χ4n) is 2.01. The molecule has 1 aromatic carbocycles. The molecule has 0 saturated heterocycles. The summed E-state index contributed by atoms with van der Waals surface area (Å²) >= 11 is 0.